The lowest BCUT2D eigenvalue weighted by atomic mass is 10.1. The number of carboxylic acids is 1. The molecule has 150 valence electrons. The van der Waals surface area contributed by atoms with Gasteiger partial charge in [-0.1, -0.05) is 24.3 Å². The van der Waals surface area contributed by atoms with Crippen molar-refractivity contribution in [2.24, 2.45) is 0 Å². The molecule has 0 bridgehead atoms. The number of hydrogen-bond donors (Lipinski definition) is 1. The number of carboxylic acid groups (broad SMARTS) is 1. The summed E-state index contributed by atoms with van der Waals surface area (Å²) in [7, 11) is 0. The van der Waals surface area contributed by atoms with Gasteiger partial charge in [-0.3, -0.25) is 4.79 Å². The molecule has 7 heteroatoms. The molecule has 0 spiro atoms. The van der Waals surface area contributed by atoms with Gasteiger partial charge in [0.25, 0.3) is 0 Å². The van der Waals surface area contributed by atoms with E-state index in [1.165, 1.54) is 0 Å². The van der Waals surface area contributed by atoms with E-state index in [-0.39, 0.29) is 5.91 Å². The van der Waals surface area contributed by atoms with Gasteiger partial charge < -0.3 is 19.5 Å². The van der Waals surface area contributed by atoms with Gasteiger partial charge in [0.15, 0.2) is 18.1 Å². The Morgan fingerprint density at radius 2 is 1.93 bits per heavy atom. The van der Waals surface area contributed by atoms with Gasteiger partial charge >= 0.3 is 5.97 Å². The molecule has 1 aromatic carbocycles. The van der Waals surface area contributed by atoms with Gasteiger partial charge in [0.2, 0.25) is 5.91 Å². The van der Waals surface area contributed by atoms with Crippen LogP contribution >= 0.6 is 11.3 Å². The van der Waals surface area contributed by atoms with E-state index in [2.05, 4.69) is 0 Å². The summed E-state index contributed by atoms with van der Waals surface area (Å²) in [4.78, 5) is 25.7. The summed E-state index contributed by atoms with van der Waals surface area (Å²) in [5, 5.41) is 10.9. The van der Waals surface area contributed by atoms with Crippen LogP contribution in [0.3, 0.4) is 0 Å². The lowest BCUT2D eigenvalue weighted by molar-refractivity contribution is -0.139. The number of nitrogens with zero attached hydrogens (tertiary/aromatic N) is 1. The molecule has 0 aliphatic heterocycles. The number of carbonyl (C=O) groups is 2. The van der Waals surface area contributed by atoms with Crippen LogP contribution in [0.4, 0.5) is 0 Å². The van der Waals surface area contributed by atoms with E-state index in [9.17, 15) is 9.59 Å². The Morgan fingerprint density at radius 3 is 2.57 bits per heavy atom. The minimum Gasteiger partial charge on any atom is -0.484 e. The SMILES string of the molecule is CCN(CC)C(=O)C/C=C/c1ccc(OCc2cccs2)c(OCC(=O)O)c1. The lowest BCUT2D eigenvalue weighted by Crippen LogP contribution is -2.29. The van der Waals surface area contributed by atoms with E-state index in [1.807, 2.05) is 43.5 Å². The number of carbonyl (C=O) groups excluding carboxylic acids is 1. The Morgan fingerprint density at radius 1 is 1.14 bits per heavy atom. The van der Waals surface area contributed by atoms with Crippen LogP contribution in [0.1, 0.15) is 30.7 Å². The standard InChI is InChI=1S/C21H25NO5S/c1-3-22(4-2)20(23)9-5-7-16-10-11-18(19(13-16)27-15-21(24)25)26-14-17-8-6-12-28-17/h5-8,10-13H,3-4,9,14-15H2,1-2H3,(H,24,25)/b7-5+. The summed E-state index contributed by atoms with van der Waals surface area (Å²) in [5.41, 5.74) is 0.802. The van der Waals surface area contributed by atoms with Crippen LogP contribution in [0.2, 0.25) is 0 Å². The zero-order chi connectivity index (χ0) is 20.4. The summed E-state index contributed by atoms with van der Waals surface area (Å²) < 4.78 is 11.2. The first kappa shape index (κ1) is 21.5. The summed E-state index contributed by atoms with van der Waals surface area (Å²) in [5.74, 6) is -0.156. The topological polar surface area (TPSA) is 76.1 Å². The van der Waals surface area contributed by atoms with Gasteiger partial charge in [0.1, 0.15) is 6.61 Å². The zero-order valence-electron chi connectivity index (χ0n) is 16.1. The van der Waals surface area contributed by atoms with Gasteiger partial charge in [-0.2, -0.15) is 0 Å². The van der Waals surface area contributed by atoms with Gasteiger partial charge in [-0.05, 0) is 43.0 Å². The molecule has 1 amide bonds. The van der Waals surface area contributed by atoms with E-state index in [4.69, 9.17) is 14.6 Å². The molecule has 0 radical (unpaired) electrons. The molecular weight excluding hydrogens is 378 g/mol. The third-order valence-corrected chi connectivity index (χ3v) is 4.84. The average molecular weight is 404 g/mol. The Balaban J connectivity index is 2.07. The van der Waals surface area contributed by atoms with Crippen LogP contribution in [0.25, 0.3) is 6.08 Å². The van der Waals surface area contributed by atoms with Crippen molar-refractivity contribution in [2.45, 2.75) is 26.9 Å². The van der Waals surface area contributed by atoms with Crippen molar-refractivity contribution >= 4 is 29.3 Å². The highest BCUT2D eigenvalue weighted by Crippen LogP contribution is 2.30. The summed E-state index contributed by atoms with van der Waals surface area (Å²) in [6, 6.07) is 9.21. The molecule has 2 aromatic rings. The maximum absolute atomic E-state index is 12.1. The summed E-state index contributed by atoms with van der Waals surface area (Å²) >= 11 is 1.58. The van der Waals surface area contributed by atoms with Gasteiger partial charge in [-0.25, -0.2) is 4.79 Å². The first-order chi connectivity index (χ1) is 13.5. The third kappa shape index (κ3) is 6.74. The predicted molar refractivity (Wildman–Crippen MR) is 110 cm³/mol. The van der Waals surface area contributed by atoms with E-state index in [0.29, 0.717) is 37.6 Å². The minimum absolute atomic E-state index is 0.0690. The van der Waals surface area contributed by atoms with Crippen molar-refractivity contribution in [2.75, 3.05) is 19.7 Å². The number of amides is 1. The van der Waals surface area contributed by atoms with Crippen LogP contribution in [-0.2, 0) is 16.2 Å². The molecule has 0 saturated heterocycles. The third-order valence-electron chi connectivity index (χ3n) is 3.99. The lowest BCUT2D eigenvalue weighted by Gasteiger charge is -2.17. The maximum Gasteiger partial charge on any atom is 0.341 e. The summed E-state index contributed by atoms with van der Waals surface area (Å²) in [6.07, 6.45) is 3.92. The Hall–Kier alpha value is -2.80. The fraction of sp³-hybridized carbons (Fsp3) is 0.333. The van der Waals surface area contributed by atoms with Crippen molar-refractivity contribution in [3.8, 4) is 11.5 Å². The molecule has 1 heterocycles. The van der Waals surface area contributed by atoms with Gasteiger partial charge in [0.05, 0.1) is 0 Å². The second-order valence-corrected chi connectivity index (χ2v) is 6.96. The van der Waals surface area contributed by atoms with Crippen molar-refractivity contribution in [3.05, 3.63) is 52.2 Å². The first-order valence-electron chi connectivity index (χ1n) is 9.11. The van der Waals surface area contributed by atoms with Crippen molar-refractivity contribution in [1.82, 2.24) is 4.90 Å². The smallest absolute Gasteiger partial charge is 0.341 e. The fourth-order valence-corrected chi connectivity index (χ4v) is 3.16. The van der Waals surface area contributed by atoms with E-state index >= 15 is 0 Å². The van der Waals surface area contributed by atoms with Gasteiger partial charge in [-0.15, -0.1) is 11.3 Å². The largest absolute Gasteiger partial charge is 0.484 e. The van der Waals surface area contributed by atoms with E-state index in [0.717, 1.165) is 10.4 Å². The van der Waals surface area contributed by atoms with Crippen molar-refractivity contribution in [3.63, 3.8) is 0 Å². The maximum atomic E-state index is 12.1. The quantitative estimate of drug-likeness (QED) is 0.612. The molecule has 1 N–H and O–H groups in total. The van der Waals surface area contributed by atoms with Crippen LogP contribution in [0.15, 0.2) is 41.8 Å². The number of aliphatic carboxylic acids is 1. The molecule has 28 heavy (non-hydrogen) atoms. The minimum atomic E-state index is -1.06. The highest BCUT2D eigenvalue weighted by Gasteiger charge is 2.10. The number of rotatable bonds is 11. The number of hydrogen-bond acceptors (Lipinski definition) is 5. The molecule has 0 fully saturated rings. The second-order valence-electron chi connectivity index (χ2n) is 5.93. The fourth-order valence-electron chi connectivity index (χ4n) is 2.54. The van der Waals surface area contributed by atoms with E-state index in [1.54, 1.807) is 34.4 Å². The molecule has 0 aliphatic rings. The molecule has 1 aromatic heterocycles. The molecule has 6 nitrogen and oxygen atoms in total. The molecule has 0 saturated carbocycles. The molecule has 0 unspecified atom stereocenters. The van der Waals surface area contributed by atoms with Crippen LogP contribution in [0.5, 0.6) is 11.5 Å². The van der Waals surface area contributed by atoms with Crippen LogP contribution in [-0.4, -0.2) is 41.6 Å². The van der Waals surface area contributed by atoms with Crippen LogP contribution < -0.4 is 9.47 Å². The van der Waals surface area contributed by atoms with Crippen molar-refractivity contribution in [1.29, 1.82) is 0 Å². The monoisotopic (exact) mass is 403 g/mol. The molecule has 0 aliphatic carbocycles. The van der Waals surface area contributed by atoms with Crippen molar-refractivity contribution < 1.29 is 24.2 Å². The first-order valence-corrected chi connectivity index (χ1v) is 9.99. The number of thiophene rings is 1. The molecular formula is C21H25NO5S. The molecule has 2 rings (SSSR count). The Labute approximate surface area is 169 Å². The Bertz CT molecular complexity index is 797. The highest BCUT2D eigenvalue weighted by atomic mass is 32.1. The number of benzene rings is 1. The summed E-state index contributed by atoms with van der Waals surface area (Å²) in [6.45, 7) is 5.20. The van der Waals surface area contributed by atoms with Gasteiger partial charge in [0, 0.05) is 24.4 Å². The molecule has 0 atom stereocenters. The number of ether oxygens (including phenoxy) is 2. The average Bonchev–Trinajstić information content (AvgIpc) is 3.20. The van der Waals surface area contributed by atoms with Crippen LogP contribution in [0, 0.1) is 0 Å². The highest BCUT2D eigenvalue weighted by molar-refractivity contribution is 7.09. The Kier molecular flexibility index (Phi) is 8.55. The zero-order valence-corrected chi connectivity index (χ0v) is 16.9. The predicted octanol–water partition coefficient (Wildman–Crippen LogP) is 4.06. The second kappa shape index (κ2) is 11.1. The normalized spacial score (nSPS) is 10.8. The van der Waals surface area contributed by atoms with E-state index < -0.39 is 12.6 Å².